The van der Waals surface area contributed by atoms with Crippen LogP contribution in [0.5, 0.6) is 0 Å². The summed E-state index contributed by atoms with van der Waals surface area (Å²) in [6.45, 7) is 0.652. The lowest BCUT2D eigenvalue weighted by Crippen LogP contribution is -2.66. The van der Waals surface area contributed by atoms with Gasteiger partial charge in [-0.2, -0.15) is 5.26 Å². The molecule has 0 aliphatic carbocycles. The number of aromatic nitrogens is 1. The topological polar surface area (TPSA) is 110 Å². The minimum Gasteiger partial charge on any atom is -0.393 e. The van der Waals surface area contributed by atoms with Crippen molar-refractivity contribution in [3.8, 4) is 6.07 Å². The van der Waals surface area contributed by atoms with Crippen molar-refractivity contribution in [3.63, 3.8) is 0 Å². The maximum absolute atomic E-state index is 13.8. The Labute approximate surface area is 207 Å². The monoisotopic (exact) mass is 492 g/mol. The molecule has 2 amide bonds. The second-order valence-corrected chi connectivity index (χ2v) is 9.57. The number of nitrogens with zero attached hydrogens (tertiary/aromatic N) is 4. The number of halogens is 1. The van der Waals surface area contributed by atoms with Crippen molar-refractivity contribution < 1.29 is 19.8 Å². The Hall–Kier alpha value is -3.38. The third-order valence-corrected chi connectivity index (χ3v) is 7.23. The molecule has 8 nitrogen and oxygen atoms in total. The average Bonchev–Trinajstić information content (AvgIpc) is 3.29. The van der Waals surface area contributed by atoms with Crippen LogP contribution in [0.2, 0.25) is 5.02 Å². The fraction of sp³-hybridized carbons (Fsp3) is 0.346. The summed E-state index contributed by atoms with van der Waals surface area (Å²) in [7, 11) is 0. The van der Waals surface area contributed by atoms with Gasteiger partial charge in [0, 0.05) is 53.4 Å². The second kappa shape index (κ2) is 9.00. The van der Waals surface area contributed by atoms with Crippen molar-refractivity contribution >= 4 is 40.0 Å². The number of hydrogen-bond donors (Lipinski definition) is 2. The highest BCUT2D eigenvalue weighted by Gasteiger charge is 2.59. The first-order chi connectivity index (χ1) is 16.9. The van der Waals surface area contributed by atoms with Gasteiger partial charge in [0.1, 0.15) is 5.41 Å². The number of likely N-dealkylation sites (tertiary alicyclic amines) is 1. The van der Waals surface area contributed by atoms with E-state index in [2.05, 4.69) is 10.6 Å². The van der Waals surface area contributed by atoms with Crippen molar-refractivity contribution in [3.05, 3.63) is 64.8 Å². The van der Waals surface area contributed by atoms with Gasteiger partial charge in [0.25, 0.3) is 5.91 Å². The number of nitriles is 1. The van der Waals surface area contributed by atoms with Crippen LogP contribution in [-0.2, 0) is 28.1 Å². The lowest BCUT2D eigenvalue weighted by atomic mass is 9.74. The zero-order valence-electron chi connectivity index (χ0n) is 19.0. The number of hydrogen-bond acceptors (Lipinski definition) is 5. The summed E-state index contributed by atoms with van der Waals surface area (Å²) in [5, 5.41) is 29.5. The molecule has 2 aliphatic heterocycles. The Kier molecular flexibility index (Phi) is 6.01. The number of anilines is 1. The predicted molar refractivity (Wildman–Crippen MR) is 131 cm³/mol. The van der Waals surface area contributed by atoms with Crippen molar-refractivity contribution in [2.24, 2.45) is 0 Å². The van der Waals surface area contributed by atoms with Crippen LogP contribution in [0.15, 0.2) is 48.5 Å². The highest BCUT2D eigenvalue weighted by molar-refractivity contribution is 6.31. The first-order valence-corrected chi connectivity index (χ1v) is 11.9. The first-order valence-electron chi connectivity index (χ1n) is 11.5. The third kappa shape index (κ3) is 3.76. The zero-order valence-corrected chi connectivity index (χ0v) is 19.8. The zero-order chi connectivity index (χ0) is 24.7. The number of amides is 2. The minimum absolute atomic E-state index is 0.0897. The molecule has 9 heteroatoms. The fourth-order valence-corrected chi connectivity index (χ4v) is 5.46. The summed E-state index contributed by atoms with van der Waals surface area (Å²) in [6.07, 6.45) is -0.356. The van der Waals surface area contributed by atoms with Crippen molar-refractivity contribution in [2.45, 2.75) is 37.5 Å². The van der Waals surface area contributed by atoms with E-state index in [0.717, 1.165) is 27.8 Å². The molecule has 3 aromatic rings. The largest absolute Gasteiger partial charge is 0.393 e. The highest BCUT2D eigenvalue weighted by Crippen LogP contribution is 2.48. The van der Waals surface area contributed by atoms with Gasteiger partial charge in [-0.3, -0.25) is 9.59 Å². The van der Waals surface area contributed by atoms with E-state index in [4.69, 9.17) is 22.0 Å². The molecular formula is C26H25ClN4O4. The SMILES string of the molecule is N#CCCCn1c(CN2C(=O)C3(CN(C(=O)C(O)CO)C3)c3ccccc32)cc2cc(Cl)ccc21. The maximum atomic E-state index is 13.8. The third-order valence-electron chi connectivity index (χ3n) is 7.00. The van der Waals surface area contributed by atoms with Crippen LogP contribution in [0.1, 0.15) is 24.1 Å². The summed E-state index contributed by atoms with van der Waals surface area (Å²) in [5.74, 6) is -0.663. The summed E-state index contributed by atoms with van der Waals surface area (Å²) in [6, 6.07) is 17.5. The summed E-state index contributed by atoms with van der Waals surface area (Å²) in [4.78, 5) is 29.3. The number of benzene rings is 2. The van der Waals surface area contributed by atoms with Gasteiger partial charge < -0.3 is 24.6 Å². The Morgan fingerprint density at radius 2 is 1.97 bits per heavy atom. The van der Waals surface area contributed by atoms with E-state index in [-0.39, 0.29) is 19.0 Å². The van der Waals surface area contributed by atoms with Crippen molar-refractivity contribution in [2.75, 3.05) is 24.6 Å². The van der Waals surface area contributed by atoms with Gasteiger partial charge in [-0.1, -0.05) is 29.8 Å². The lowest BCUT2D eigenvalue weighted by molar-refractivity contribution is -0.153. The van der Waals surface area contributed by atoms with Crippen molar-refractivity contribution in [1.29, 1.82) is 5.26 Å². The van der Waals surface area contributed by atoms with Crippen molar-refractivity contribution in [1.82, 2.24) is 9.47 Å². The predicted octanol–water partition coefficient (Wildman–Crippen LogP) is 2.58. The van der Waals surface area contributed by atoms with Gasteiger partial charge in [0.2, 0.25) is 5.91 Å². The Balaban J connectivity index is 1.48. The first kappa shape index (κ1) is 23.4. The standard InChI is InChI=1S/C26H25ClN4O4/c27-18-7-8-21-17(11-18)12-19(30(21)10-4-3-9-28)13-31-22-6-2-1-5-20(22)26(25(31)35)15-29(16-26)24(34)23(33)14-32/h1-2,5-8,11-12,23,32-33H,3-4,10,13-16H2. The molecule has 0 bridgehead atoms. The Morgan fingerprint density at radius 1 is 1.20 bits per heavy atom. The highest BCUT2D eigenvalue weighted by atomic mass is 35.5. The van der Waals surface area contributed by atoms with Gasteiger partial charge in [-0.05, 0) is 42.3 Å². The van der Waals surface area contributed by atoms with E-state index in [0.29, 0.717) is 31.0 Å². The number of carbonyl (C=O) groups is 2. The Morgan fingerprint density at radius 3 is 2.71 bits per heavy atom. The average molecular weight is 493 g/mol. The van der Waals surface area contributed by atoms with Gasteiger partial charge in [0.15, 0.2) is 6.10 Å². The number of rotatable bonds is 7. The number of unbranched alkanes of at least 4 members (excludes halogenated alkanes) is 1. The van der Waals surface area contributed by atoms with E-state index in [1.807, 2.05) is 48.5 Å². The molecule has 1 fully saturated rings. The molecule has 3 heterocycles. The summed E-state index contributed by atoms with van der Waals surface area (Å²) >= 11 is 6.22. The fourth-order valence-electron chi connectivity index (χ4n) is 5.28. The van der Waals surface area contributed by atoms with E-state index in [1.165, 1.54) is 4.90 Å². The smallest absolute Gasteiger partial charge is 0.253 e. The van der Waals surface area contributed by atoms with Crippen LogP contribution in [-0.4, -0.2) is 57.3 Å². The van der Waals surface area contributed by atoms with Crippen LogP contribution >= 0.6 is 11.6 Å². The maximum Gasteiger partial charge on any atom is 0.253 e. The molecule has 1 atom stereocenters. The summed E-state index contributed by atoms with van der Waals surface area (Å²) in [5.41, 5.74) is 2.74. The molecule has 1 unspecified atom stereocenters. The van der Waals surface area contributed by atoms with E-state index >= 15 is 0 Å². The number of aliphatic hydroxyl groups excluding tert-OH is 2. The molecular weight excluding hydrogens is 468 g/mol. The van der Waals surface area contributed by atoms with Crippen LogP contribution in [0.25, 0.3) is 10.9 Å². The van der Waals surface area contributed by atoms with E-state index < -0.39 is 24.0 Å². The minimum atomic E-state index is -1.48. The van der Waals surface area contributed by atoms with E-state index in [9.17, 15) is 14.7 Å². The van der Waals surface area contributed by atoms with Gasteiger partial charge in [-0.15, -0.1) is 0 Å². The number of carbonyl (C=O) groups excluding carboxylic acids is 2. The molecule has 2 aliphatic rings. The van der Waals surface area contributed by atoms with Crippen LogP contribution < -0.4 is 4.90 Å². The molecule has 2 aromatic carbocycles. The van der Waals surface area contributed by atoms with Crippen LogP contribution in [0.4, 0.5) is 5.69 Å². The number of aliphatic hydroxyl groups is 2. The Bertz CT molecular complexity index is 1360. The van der Waals surface area contributed by atoms with Gasteiger partial charge >= 0.3 is 0 Å². The molecule has 2 N–H and O–H groups in total. The quantitative estimate of drug-likeness (QED) is 0.493. The van der Waals surface area contributed by atoms with Crippen LogP contribution in [0, 0.1) is 11.3 Å². The summed E-state index contributed by atoms with van der Waals surface area (Å²) < 4.78 is 2.14. The van der Waals surface area contributed by atoms with Gasteiger partial charge in [-0.25, -0.2) is 0 Å². The molecule has 5 rings (SSSR count). The number of aryl methyl sites for hydroxylation is 1. The van der Waals surface area contributed by atoms with Gasteiger partial charge in [0.05, 0.1) is 19.2 Å². The number of para-hydroxylation sites is 1. The molecule has 0 radical (unpaired) electrons. The molecule has 1 aromatic heterocycles. The molecule has 0 saturated carbocycles. The lowest BCUT2D eigenvalue weighted by Gasteiger charge is -2.47. The molecule has 180 valence electrons. The van der Waals surface area contributed by atoms with Crippen LogP contribution in [0.3, 0.4) is 0 Å². The second-order valence-electron chi connectivity index (χ2n) is 9.14. The number of fused-ring (bicyclic) bond motifs is 3. The molecule has 1 saturated heterocycles. The van der Waals surface area contributed by atoms with E-state index in [1.54, 1.807) is 4.90 Å². The molecule has 35 heavy (non-hydrogen) atoms. The normalized spacial score (nSPS) is 16.9. The molecule has 1 spiro atoms.